The summed E-state index contributed by atoms with van der Waals surface area (Å²) in [6.45, 7) is 13.8. The van der Waals surface area contributed by atoms with Crippen molar-refractivity contribution >= 4 is 49.0 Å². The van der Waals surface area contributed by atoms with Crippen molar-refractivity contribution in [2.75, 3.05) is 0 Å². The van der Waals surface area contributed by atoms with Gasteiger partial charge in [-0.1, -0.05) is 89.8 Å². The zero-order chi connectivity index (χ0) is 25.8. The lowest BCUT2D eigenvalue weighted by molar-refractivity contribution is 1.20. The van der Waals surface area contributed by atoms with Gasteiger partial charge in [0.25, 0.3) is 0 Å². The summed E-state index contributed by atoms with van der Waals surface area (Å²) in [4.78, 5) is 10.3. The van der Waals surface area contributed by atoms with Crippen molar-refractivity contribution in [2.45, 2.75) is 77.8 Å². The van der Waals surface area contributed by atoms with Crippen LogP contribution in [-0.4, -0.2) is 26.1 Å². The van der Waals surface area contributed by atoms with Crippen molar-refractivity contribution in [1.29, 1.82) is 0 Å². The maximum atomic E-state index is 5.17. The van der Waals surface area contributed by atoms with Gasteiger partial charge in [-0.15, -0.1) is 11.1 Å². The van der Waals surface area contributed by atoms with Gasteiger partial charge >= 0.3 is 0 Å². The number of aromatic nitrogens is 2. The molecular formula is C32H38N2Si2. The Balaban J connectivity index is 2.15. The highest BCUT2D eigenvalue weighted by Crippen LogP contribution is 2.32. The number of para-hydroxylation sites is 2. The van der Waals surface area contributed by atoms with Gasteiger partial charge in [-0.2, -0.15) is 0 Å². The molecule has 0 N–H and O–H groups in total. The molecule has 0 fully saturated rings. The average Bonchev–Trinajstić information content (AvgIpc) is 2.94. The largest absolute Gasteiger partial charge is 0.243 e. The number of hydrogen-bond donors (Lipinski definition) is 0. The first-order chi connectivity index (χ1) is 17.5. The standard InChI is InChI=1S/C32H38N2Si2/c1-7-35(8-2,9-3)23-21-27-25-17-13-14-18-26(25)28(22-24-36(10-4,11-5)12-6)32-31(27)33-29-19-15-16-20-30(29)34-32/h13-20H,7-12H2,1-6H3. The van der Waals surface area contributed by atoms with Crippen LogP contribution in [-0.2, 0) is 0 Å². The Hall–Kier alpha value is -2.93. The Kier molecular flexibility index (Phi) is 7.99. The van der Waals surface area contributed by atoms with E-state index in [1.54, 1.807) is 0 Å². The lowest BCUT2D eigenvalue weighted by Gasteiger charge is -2.20. The molecule has 0 aliphatic rings. The van der Waals surface area contributed by atoms with E-state index in [2.05, 4.69) is 88.7 Å². The van der Waals surface area contributed by atoms with Crippen LogP contribution in [0.1, 0.15) is 52.7 Å². The van der Waals surface area contributed by atoms with E-state index in [9.17, 15) is 0 Å². The highest BCUT2D eigenvalue weighted by molar-refractivity contribution is 6.87. The molecule has 184 valence electrons. The van der Waals surface area contributed by atoms with Gasteiger partial charge in [0.15, 0.2) is 0 Å². The van der Waals surface area contributed by atoms with Gasteiger partial charge in [0, 0.05) is 10.8 Å². The number of fused-ring (bicyclic) bond motifs is 3. The second kappa shape index (κ2) is 11.0. The van der Waals surface area contributed by atoms with Gasteiger partial charge < -0.3 is 0 Å². The Morgan fingerprint density at radius 1 is 0.528 bits per heavy atom. The topological polar surface area (TPSA) is 25.8 Å². The van der Waals surface area contributed by atoms with Crippen molar-refractivity contribution in [3.8, 4) is 22.9 Å². The first kappa shape index (κ1) is 26.1. The molecule has 0 saturated carbocycles. The predicted molar refractivity (Wildman–Crippen MR) is 163 cm³/mol. The van der Waals surface area contributed by atoms with E-state index in [0.717, 1.165) is 44.0 Å². The van der Waals surface area contributed by atoms with Crippen molar-refractivity contribution in [1.82, 2.24) is 9.97 Å². The molecule has 0 aliphatic heterocycles. The molecule has 4 aromatic rings. The molecule has 1 aromatic heterocycles. The molecule has 0 unspecified atom stereocenters. The summed E-state index contributed by atoms with van der Waals surface area (Å²) in [6, 6.07) is 23.8. The second-order valence-electron chi connectivity index (χ2n) is 9.89. The molecule has 2 nitrogen and oxygen atoms in total. The van der Waals surface area contributed by atoms with Gasteiger partial charge in [0.2, 0.25) is 0 Å². The Labute approximate surface area is 219 Å². The van der Waals surface area contributed by atoms with E-state index in [-0.39, 0.29) is 0 Å². The first-order valence-corrected chi connectivity index (χ1v) is 18.9. The molecule has 4 heteroatoms. The summed E-state index contributed by atoms with van der Waals surface area (Å²) in [6.07, 6.45) is 0. The molecule has 4 rings (SSSR count). The first-order valence-electron chi connectivity index (χ1n) is 13.7. The summed E-state index contributed by atoms with van der Waals surface area (Å²) in [5, 5.41) is 2.30. The van der Waals surface area contributed by atoms with Crippen molar-refractivity contribution in [3.05, 3.63) is 59.7 Å². The fraction of sp³-hybridized carbons (Fsp3) is 0.375. The molecule has 0 radical (unpaired) electrons. The Morgan fingerprint density at radius 3 is 1.19 bits per heavy atom. The molecule has 0 saturated heterocycles. The van der Waals surface area contributed by atoms with Crippen LogP contribution in [0.3, 0.4) is 0 Å². The zero-order valence-electron chi connectivity index (χ0n) is 22.8. The number of hydrogen-bond acceptors (Lipinski definition) is 2. The van der Waals surface area contributed by atoms with Crippen LogP contribution >= 0.6 is 0 Å². The summed E-state index contributed by atoms with van der Waals surface area (Å²) in [5.41, 5.74) is 13.3. The van der Waals surface area contributed by atoms with Crippen LogP contribution < -0.4 is 0 Å². The lowest BCUT2D eigenvalue weighted by Crippen LogP contribution is -2.29. The highest BCUT2D eigenvalue weighted by atomic mass is 28.3. The number of rotatable bonds is 6. The van der Waals surface area contributed by atoms with Gasteiger partial charge in [-0.05, 0) is 48.4 Å². The molecule has 3 aromatic carbocycles. The van der Waals surface area contributed by atoms with Crippen LogP contribution in [0.5, 0.6) is 0 Å². The number of benzene rings is 3. The van der Waals surface area contributed by atoms with Crippen molar-refractivity contribution in [2.24, 2.45) is 0 Å². The van der Waals surface area contributed by atoms with E-state index < -0.39 is 16.1 Å². The smallest absolute Gasteiger partial charge is 0.138 e. The van der Waals surface area contributed by atoms with Gasteiger partial charge in [0.1, 0.15) is 27.2 Å². The predicted octanol–water partition coefficient (Wildman–Crippen LogP) is 8.73. The minimum Gasteiger partial charge on any atom is -0.243 e. The van der Waals surface area contributed by atoms with Gasteiger partial charge in [-0.25, -0.2) is 9.97 Å². The molecule has 0 amide bonds. The maximum absolute atomic E-state index is 5.17. The molecule has 0 aliphatic carbocycles. The monoisotopic (exact) mass is 506 g/mol. The molecule has 1 heterocycles. The van der Waals surface area contributed by atoms with E-state index in [1.807, 2.05) is 24.3 Å². The van der Waals surface area contributed by atoms with Crippen LogP contribution in [0.4, 0.5) is 0 Å². The molecule has 0 spiro atoms. The van der Waals surface area contributed by atoms with Gasteiger partial charge in [-0.3, -0.25) is 0 Å². The van der Waals surface area contributed by atoms with Gasteiger partial charge in [0.05, 0.1) is 22.2 Å². The third-order valence-electron chi connectivity index (χ3n) is 8.48. The Bertz CT molecular complexity index is 1390. The van der Waals surface area contributed by atoms with E-state index in [4.69, 9.17) is 9.97 Å². The highest BCUT2D eigenvalue weighted by Gasteiger charge is 2.26. The van der Waals surface area contributed by atoms with E-state index >= 15 is 0 Å². The van der Waals surface area contributed by atoms with Crippen LogP contribution in [0, 0.1) is 22.9 Å². The summed E-state index contributed by atoms with van der Waals surface area (Å²) in [7, 11) is -3.26. The third kappa shape index (κ3) is 4.73. The molecular weight excluding hydrogens is 469 g/mol. The van der Waals surface area contributed by atoms with E-state index in [1.165, 1.54) is 36.3 Å². The number of nitrogens with zero attached hydrogens (tertiary/aromatic N) is 2. The SMILES string of the molecule is CC[Si](C#Cc1c2ccccc2c(C#C[Si](CC)(CC)CC)c2nc3ccccc3nc12)(CC)CC. The quantitative estimate of drug-likeness (QED) is 0.148. The van der Waals surface area contributed by atoms with Crippen LogP contribution in [0.2, 0.25) is 36.3 Å². The van der Waals surface area contributed by atoms with Crippen LogP contribution in [0.25, 0.3) is 32.8 Å². The summed E-state index contributed by atoms with van der Waals surface area (Å²) in [5.74, 6) is 7.38. The average molecular weight is 507 g/mol. The second-order valence-corrected chi connectivity index (χ2v) is 19.8. The van der Waals surface area contributed by atoms with Crippen molar-refractivity contribution < 1.29 is 0 Å². The third-order valence-corrected chi connectivity index (χ3v) is 17.9. The van der Waals surface area contributed by atoms with Crippen molar-refractivity contribution in [3.63, 3.8) is 0 Å². The maximum Gasteiger partial charge on any atom is 0.138 e. The molecule has 0 atom stereocenters. The lowest BCUT2D eigenvalue weighted by atomic mass is 9.97. The minimum absolute atomic E-state index is 0.896. The molecule has 0 bridgehead atoms. The fourth-order valence-corrected chi connectivity index (χ4v) is 10.0. The summed E-state index contributed by atoms with van der Waals surface area (Å²) < 4.78 is 0. The van der Waals surface area contributed by atoms with E-state index in [0.29, 0.717) is 0 Å². The Morgan fingerprint density at radius 2 is 0.861 bits per heavy atom. The minimum atomic E-state index is -1.63. The zero-order valence-corrected chi connectivity index (χ0v) is 24.8. The fourth-order valence-electron chi connectivity index (χ4n) is 5.20. The van der Waals surface area contributed by atoms with Crippen LogP contribution in [0.15, 0.2) is 48.5 Å². The summed E-state index contributed by atoms with van der Waals surface area (Å²) >= 11 is 0. The normalized spacial score (nSPS) is 11.8. The molecule has 36 heavy (non-hydrogen) atoms.